The van der Waals surface area contributed by atoms with Crippen molar-refractivity contribution in [3.8, 4) is 0 Å². The molecule has 0 bridgehead atoms. The van der Waals surface area contributed by atoms with Crippen LogP contribution in [0.3, 0.4) is 0 Å². The van der Waals surface area contributed by atoms with E-state index in [0.717, 1.165) is 12.8 Å². The Hall–Kier alpha value is -0.990. The van der Waals surface area contributed by atoms with Gasteiger partial charge in [-0.1, -0.05) is 13.3 Å². The lowest BCUT2D eigenvalue weighted by Crippen LogP contribution is -2.10. The van der Waals surface area contributed by atoms with Crippen LogP contribution >= 0.6 is 0 Å². The molecule has 0 saturated carbocycles. The highest BCUT2D eigenvalue weighted by Gasteiger charge is 1.89. The summed E-state index contributed by atoms with van der Waals surface area (Å²) in [6, 6.07) is 0. The third-order valence-electron chi connectivity index (χ3n) is 0.866. The zero-order valence-corrected chi connectivity index (χ0v) is 5.55. The van der Waals surface area contributed by atoms with Gasteiger partial charge in [0.15, 0.2) is 0 Å². The fraction of sp³-hybridized carbons (Fsp3) is 0.500. The molecule has 1 amide bonds. The lowest BCUT2D eigenvalue weighted by Gasteiger charge is -1.93. The van der Waals surface area contributed by atoms with Crippen molar-refractivity contribution >= 4 is 5.91 Å². The lowest BCUT2D eigenvalue weighted by molar-refractivity contribution is -0.113. The summed E-state index contributed by atoms with van der Waals surface area (Å²) in [4.78, 5) is 10.2. The molecule has 0 aromatic heterocycles. The first-order chi connectivity index (χ1) is 4.16. The maximum atomic E-state index is 10.2. The minimum absolute atomic E-state index is 0.471. The Morgan fingerprint density at radius 3 is 2.44 bits per heavy atom. The monoisotopic (exact) mass is 128 g/mol. The molecule has 0 radical (unpaired) electrons. The first-order valence-electron chi connectivity index (χ1n) is 2.92. The lowest BCUT2D eigenvalue weighted by atomic mass is 10.2. The minimum atomic E-state index is -0.471. The van der Waals surface area contributed by atoms with Crippen molar-refractivity contribution in [3.05, 3.63) is 11.8 Å². The number of hydrogen-bond donors (Lipinski definition) is 2. The Kier molecular flexibility index (Phi) is 3.51. The molecule has 0 heterocycles. The van der Waals surface area contributed by atoms with E-state index >= 15 is 0 Å². The van der Waals surface area contributed by atoms with Crippen molar-refractivity contribution < 1.29 is 4.79 Å². The van der Waals surface area contributed by atoms with Crippen LogP contribution in [0.15, 0.2) is 11.8 Å². The molecule has 0 fully saturated rings. The van der Waals surface area contributed by atoms with Gasteiger partial charge in [-0.3, -0.25) is 4.79 Å². The minimum Gasteiger partial charge on any atom is -0.402 e. The molecule has 3 heteroatoms. The number of carbonyl (C=O) groups excluding carboxylic acids is 1. The Morgan fingerprint density at radius 2 is 2.11 bits per heavy atom. The summed E-state index contributed by atoms with van der Waals surface area (Å²) in [5.41, 5.74) is 10.7. The summed E-state index contributed by atoms with van der Waals surface area (Å²) in [7, 11) is 0. The van der Waals surface area contributed by atoms with Crippen LogP contribution in [0.1, 0.15) is 19.8 Å². The van der Waals surface area contributed by atoms with Crippen LogP contribution in [0.5, 0.6) is 0 Å². The highest BCUT2D eigenvalue weighted by molar-refractivity contribution is 5.86. The second-order valence-corrected chi connectivity index (χ2v) is 1.87. The molecule has 0 aliphatic carbocycles. The van der Waals surface area contributed by atoms with Gasteiger partial charge in [-0.2, -0.15) is 0 Å². The summed E-state index contributed by atoms with van der Waals surface area (Å²) in [5, 5.41) is 0. The van der Waals surface area contributed by atoms with E-state index in [-0.39, 0.29) is 0 Å². The van der Waals surface area contributed by atoms with Crippen molar-refractivity contribution in [2.45, 2.75) is 19.8 Å². The zero-order valence-electron chi connectivity index (χ0n) is 5.55. The van der Waals surface area contributed by atoms with Gasteiger partial charge < -0.3 is 11.5 Å². The molecule has 0 unspecified atom stereocenters. The molecule has 0 saturated heterocycles. The summed E-state index contributed by atoms with van der Waals surface area (Å²) in [6.07, 6.45) is 2.93. The molecule has 4 N–H and O–H groups in total. The van der Waals surface area contributed by atoms with Gasteiger partial charge in [0.1, 0.15) is 0 Å². The Balaban J connectivity index is 3.69. The highest BCUT2D eigenvalue weighted by Crippen LogP contribution is 1.94. The molecule has 9 heavy (non-hydrogen) atoms. The third kappa shape index (κ3) is 4.87. The molecule has 0 spiro atoms. The number of allylic oxidation sites excluding steroid dienone is 1. The molecule has 0 aromatic carbocycles. The van der Waals surface area contributed by atoms with Gasteiger partial charge in [-0.15, -0.1) is 0 Å². The summed E-state index contributed by atoms with van der Waals surface area (Å²) < 4.78 is 0. The first-order valence-corrected chi connectivity index (χ1v) is 2.92. The summed E-state index contributed by atoms with van der Waals surface area (Å²) >= 11 is 0. The predicted octanol–water partition coefficient (Wildman–Crippen LogP) is 0.114. The van der Waals surface area contributed by atoms with Crippen LogP contribution in [0.2, 0.25) is 0 Å². The van der Waals surface area contributed by atoms with Gasteiger partial charge in [0.05, 0.1) is 0 Å². The van der Waals surface area contributed by atoms with Crippen LogP contribution in [0.25, 0.3) is 0 Å². The van der Waals surface area contributed by atoms with Gasteiger partial charge in [-0.25, -0.2) is 0 Å². The van der Waals surface area contributed by atoms with Gasteiger partial charge >= 0.3 is 0 Å². The number of rotatable bonds is 3. The number of hydrogen-bond acceptors (Lipinski definition) is 2. The van der Waals surface area contributed by atoms with E-state index < -0.39 is 5.91 Å². The van der Waals surface area contributed by atoms with E-state index in [1.165, 1.54) is 6.08 Å². The van der Waals surface area contributed by atoms with Crippen LogP contribution in [0, 0.1) is 0 Å². The normalized spacial score (nSPS) is 11.4. The maximum absolute atomic E-state index is 10.2. The quantitative estimate of drug-likeness (QED) is 0.530. The molecular formula is C6H12N2O. The average Bonchev–Trinajstić information content (AvgIpc) is 1.63. The van der Waals surface area contributed by atoms with E-state index in [2.05, 4.69) is 0 Å². The second-order valence-electron chi connectivity index (χ2n) is 1.87. The Bertz CT molecular complexity index is 129. The second kappa shape index (κ2) is 3.95. The summed E-state index contributed by atoms with van der Waals surface area (Å²) in [5.74, 6) is -0.471. The van der Waals surface area contributed by atoms with Crippen LogP contribution < -0.4 is 11.5 Å². The van der Waals surface area contributed by atoms with Gasteiger partial charge in [0.2, 0.25) is 5.91 Å². The van der Waals surface area contributed by atoms with Crippen molar-refractivity contribution in [2.24, 2.45) is 11.5 Å². The largest absolute Gasteiger partial charge is 0.402 e. The van der Waals surface area contributed by atoms with Crippen molar-refractivity contribution in [2.75, 3.05) is 0 Å². The predicted molar refractivity (Wildman–Crippen MR) is 36.4 cm³/mol. The SMILES string of the molecule is CCCC(N)=CC(N)=O. The number of amides is 1. The average molecular weight is 128 g/mol. The van der Waals surface area contributed by atoms with Crippen molar-refractivity contribution in [1.29, 1.82) is 0 Å². The Morgan fingerprint density at radius 1 is 1.56 bits per heavy atom. The zero-order chi connectivity index (χ0) is 7.28. The molecule has 0 atom stereocenters. The van der Waals surface area contributed by atoms with Gasteiger partial charge in [-0.05, 0) is 6.42 Å². The fourth-order valence-corrected chi connectivity index (χ4v) is 0.544. The Labute approximate surface area is 54.7 Å². The van der Waals surface area contributed by atoms with Crippen molar-refractivity contribution in [1.82, 2.24) is 0 Å². The molecule has 3 nitrogen and oxygen atoms in total. The number of carbonyl (C=O) groups is 1. The van der Waals surface area contributed by atoms with Crippen LogP contribution in [0.4, 0.5) is 0 Å². The van der Waals surface area contributed by atoms with E-state index in [9.17, 15) is 4.79 Å². The van der Waals surface area contributed by atoms with E-state index in [4.69, 9.17) is 11.5 Å². The van der Waals surface area contributed by atoms with E-state index in [0.29, 0.717) is 5.70 Å². The van der Waals surface area contributed by atoms with Crippen molar-refractivity contribution in [3.63, 3.8) is 0 Å². The standard InChI is InChI=1S/C6H12N2O/c1-2-3-5(7)4-6(8)9/h4H,2-3,7H2,1H3,(H2,8,9). The molecule has 52 valence electrons. The molecule has 0 aliphatic rings. The van der Waals surface area contributed by atoms with E-state index in [1.54, 1.807) is 0 Å². The molecule has 0 rings (SSSR count). The molecule has 0 aliphatic heterocycles. The first kappa shape index (κ1) is 8.01. The smallest absolute Gasteiger partial charge is 0.243 e. The topological polar surface area (TPSA) is 69.1 Å². The van der Waals surface area contributed by atoms with Crippen LogP contribution in [-0.4, -0.2) is 5.91 Å². The van der Waals surface area contributed by atoms with Gasteiger partial charge in [0, 0.05) is 11.8 Å². The van der Waals surface area contributed by atoms with Gasteiger partial charge in [0.25, 0.3) is 0 Å². The molecular weight excluding hydrogens is 116 g/mol. The van der Waals surface area contributed by atoms with Crippen LogP contribution in [-0.2, 0) is 4.79 Å². The number of primary amides is 1. The summed E-state index contributed by atoms with van der Waals surface area (Å²) in [6.45, 7) is 1.99. The number of nitrogens with two attached hydrogens (primary N) is 2. The van der Waals surface area contributed by atoms with E-state index in [1.807, 2.05) is 6.92 Å². The third-order valence-corrected chi connectivity index (χ3v) is 0.866. The molecule has 0 aromatic rings. The fourth-order valence-electron chi connectivity index (χ4n) is 0.544. The maximum Gasteiger partial charge on any atom is 0.243 e. The highest BCUT2D eigenvalue weighted by atomic mass is 16.1.